The lowest BCUT2D eigenvalue weighted by atomic mass is 10.1. The number of ether oxygens (including phenoxy) is 2. The summed E-state index contributed by atoms with van der Waals surface area (Å²) < 4.78 is 10.5. The van der Waals surface area contributed by atoms with Crippen LogP contribution in [0.5, 0.6) is 11.5 Å². The van der Waals surface area contributed by atoms with E-state index in [0.717, 1.165) is 24.5 Å². The molecule has 7 nitrogen and oxygen atoms in total. The zero-order valence-corrected chi connectivity index (χ0v) is 17.0. The van der Waals surface area contributed by atoms with Gasteiger partial charge in [-0.2, -0.15) is 0 Å². The van der Waals surface area contributed by atoms with Gasteiger partial charge in [-0.3, -0.25) is 14.5 Å². The van der Waals surface area contributed by atoms with E-state index in [0.29, 0.717) is 36.7 Å². The van der Waals surface area contributed by atoms with Crippen LogP contribution in [0.25, 0.3) is 0 Å². The lowest BCUT2D eigenvalue weighted by Crippen LogP contribution is -2.50. The molecule has 0 aliphatic carbocycles. The molecule has 3 rings (SSSR count). The molecule has 2 amide bonds. The van der Waals surface area contributed by atoms with Crippen LogP contribution >= 0.6 is 11.3 Å². The smallest absolute Gasteiger partial charge is 0.261 e. The van der Waals surface area contributed by atoms with E-state index < -0.39 is 0 Å². The van der Waals surface area contributed by atoms with Gasteiger partial charge in [0.25, 0.3) is 11.8 Å². The molecule has 1 saturated heterocycles. The Labute approximate surface area is 168 Å². The molecule has 1 aliphatic rings. The van der Waals surface area contributed by atoms with E-state index in [2.05, 4.69) is 10.2 Å². The van der Waals surface area contributed by atoms with Crippen LogP contribution in [-0.2, 0) is 0 Å². The summed E-state index contributed by atoms with van der Waals surface area (Å²) >= 11 is 1.44. The van der Waals surface area contributed by atoms with Crippen LogP contribution in [0.15, 0.2) is 35.7 Å². The molecule has 0 bridgehead atoms. The number of nitrogens with zero attached hydrogens (tertiary/aromatic N) is 2. The van der Waals surface area contributed by atoms with Crippen LogP contribution in [-0.4, -0.2) is 75.1 Å². The number of carbonyl (C=O) groups excluding carboxylic acids is 2. The standard InChI is InChI=1S/C20H25N3O4S/c1-26-15-5-6-16(17(14-15)27-2)20(25)23-11-9-22(10-12-23)8-7-21-19(24)18-4-3-13-28-18/h3-6,13-14H,7-12H2,1-2H3,(H,21,24). The first-order chi connectivity index (χ1) is 13.6. The molecule has 0 atom stereocenters. The summed E-state index contributed by atoms with van der Waals surface area (Å²) in [4.78, 5) is 29.6. The average molecular weight is 404 g/mol. The number of thiophene rings is 1. The summed E-state index contributed by atoms with van der Waals surface area (Å²) in [6.07, 6.45) is 0. The zero-order chi connectivity index (χ0) is 19.9. The number of piperazine rings is 1. The van der Waals surface area contributed by atoms with E-state index in [1.165, 1.54) is 11.3 Å². The predicted molar refractivity (Wildman–Crippen MR) is 109 cm³/mol. The van der Waals surface area contributed by atoms with Crippen molar-refractivity contribution in [3.05, 3.63) is 46.2 Å². The third-order valence-electron chi connectivity index (χ3n) is 4.76. The van der Waals surface area contributed by atoms with Crippen LogP contribution < -0.4 is 14.8 Å². The molecule has 2 heterocycles. The maximum atomic E-state index is 12.9. The Balaban J connectivity index is 1.47. The highest BCUT2D eigenvalue weighted by molar-refractivity contribution is 7.12. The SMILES string of the molecule is COc1ccc(C(=O)N2CCN(CCNC(=O)c3cccs3)CC2)c(OC)c1. The third-order valence-corrected chi connectivity index (χ3v) is 5.63. The van der Waals surface area contributed by atoms with Gasteiger partial charge in [-0.05, 0) is 23.6 Å². The van der Waals surface area contributed by atoms with E-state index in [1.807, 2.05) is 22.4 Å². The molecule has 0 saturated carbocycles. The number of hydrogen-bond acceptors (Lipinski definition) is 6. The van der Waals surface area contributed by atoms with Crippen LogP contribution in [0, 0.1) is 0 Å². The van der Waals surface area contributed by atoms with E-state index in [1.54, 1.807) is 32.4 Å². The van der Waals surface area contributed by atoms with E-state index in [9.17, 15) is 9.59 Å². The number of methoxy groups -OCH3 is 2. The molecule has 0 radical (unpaired) electrons. The lowest BCUT2D eigenvalue weighted by molar-refractivity contribution is 0.0635. The summed E-state index contributed by atoms with van der Waals surface area (Å²) in [5.74, 6) is 1.10. The molecule has 8 heteroatoms. The van der Waals surface area contributed by atoms with E-state index >= 15 is 0 Å². The van der Waals surface area contributed by atoms with Crippen molar-refractivity contribution >= 4 is 23.2 Å². The maximum Gasteiger partial charge on any atom is 0.261 e. The maximum absolute atomic E-state index is 12.9. The van der Waals surface area contributed by atoms with Gasteiger partial charge >= 0.3 is 0 Å². The van der Waals surface area contributed by atoms with Crippen molar-refractivity contribution in [2.75, 3.05) is 53.5 Å². The quantitative estimate of drug-likeness (QED) is 0.765. The number of rotatable bonds is 7. The largest absolute Gasteiger partial charge is 0.497 e. The zero-order valence-electron chi connectivity index (χ0n) is 16.1. The molecule has 0 unspecified atom stereocenters. The highest BCUT2D eigenvalue weighted by atomic mass is 32.1. The minimum Gasteiger partial charge on any atom is -0.497 e. The second-order valence-electron chi connectivity index (χ2n) is 6.43. The first-order valence-electron chi connectivity index (χ1n) is 9.17. The summed E-state index contributed by atoms with van der Waals surface area (Å²) in [7, 11) is 3.13. The molecular weight excluding hydrogens is 378 g/mol. The molecule has 2 aromatic rings. The lowest BCUT2D eigenvalue weighted by Gasteiger charge is -2.35. The van der Waals surface area contributed by atoms with Crippen molar-refractivity contribution in [1.29, 1.82) is 0 Å². The fraction of sp³-hybridized carbons (Fsp3) is 0.400. The molecule has 1 N–H and O–H groups in total. The monoisotopic (exact) mass is 403 g/mol. The van der Waals surface area contributed by atoms with Crippen molar-refractivity contribution in [1.82, 2.24) is 15.1 Å². The van der Waals surface area contributed by atoms with Crippen LogP contribution in [0.2, 0.25) is 0 Å². The number of benzene rings is 1. The van der Waals surface area contributed by atoms with Crippen molar-refractivity contribution in [2.45, 2.75) is 0 Å². The van der Waals surface area contributed by atoms with E-state index in [4.69, 9.17) is 9.47 Å². The Morgan fingerprint density at radius 3 is 2.54 bits per heavy atom. The molecule has 1 aromatic heterocycles. The summed E-state index contributed by atoms with van der Waals surface area (Å²) in [6.45, 7) is 4.21. The van der Waals surface area contributed by atoms with Gasteiger partial charge in [-0.15, -0.1) is 11.3 Å². The minimum absolute atomic E-state index is 0.0320. The average Bonchev–Trinajstić information content (AvgIpc) is 3.28. The van der Waals surface area contributed by atoms with Gasteiger partial charge in [0, 0.05) is 45.3 Å². The van der Waals surface area contributed by atoms with Gasteiger partial charge in [-0.25, -0.2) is 0 Å². The Bertz CT molecular complexity index is 802. The highest BCUT2D eigenvalue weighted by Crippen LogP contribution is 2.26. The highest BCUT2D eigenvalue weighted by Gasteiger charge is 2.24. The molecule has 150 valence electrons. The summed E-state index contributed by atoms with van der Waals surface area (Å²) in [5, 5.41) is 4.83. The second kappa shape index (κ2) is 9.57. The third kappa shape index (κ3) is 4.82. The van der Waals surface area contributed by atoms with Gasteiger partial charge in [0.15, 0.2) is 0 Å². The van der Waals surface area contributed by atoms with Crippen LogP contribution in [0.4, 0.5) is 0 Å². The number of nitrogens with one attached hydrogen (secondary N) is 1. The Hall–Kier alpha value is -2.58. The fourth-order valence-electron chi connectivity index (χ4n) is 3.14. The molecule has 1 fully saturated rings. The molecule has 1 aliphatic heterocycles. The molecular formula is C20H25N3O4S. The molecule has 28 heavy (non-hydrogen) atoms. The van der Waals surface area contributed by atoms with Gasteiger partial charge in [0.1, 0.15) is 11.5 Å². The fourth-order valence-corrected chi connectivity index (χ4v) is 3.78. The first-order valence-corrected chi connectivity index (χ1v) is 10.1. The Morgan fingerprint density at radius 2 is 1.89 bits per heavy atom. The van der Waals surface area contributed by atoms with Gasteiger partial charge in [-0.1, -0.05) is 6.07 Å². The van der Waals surface area contributed by atoms with Gasteiger partial charge < -0.3 is 19.7 Å². The predicted octanol–water partition coefficient (Wildman–Crippen LogP) is 1.95. The second-order valence-corrected chi connectivity index (χ2v) is 7.38. The van der Waals surface area contributed by atoms with Crippen molar-refractivity contribution in [3.8, 4) is 11.5 Å². The normalized spacial score (nSPS) is 14.6. The van der Waals surface area contributed by atoms with Crippen molar-refractivity contribution in [3.63, 3.8) is 0 Å². The first kappa shape index (κ1) is 20.2. The topological polar surface area (TPSA) is 71.1 Å². The van der Waals surface area contributed by atoms with Crippen LogP contribution in [0.3, 0.4) is 0 Å². The van der Waals surface area contributed by atoms with Gasteiger partial charge in [0.2, 0.25) is 0 Å². The van der Waals surface area contributed by atoms with Gasteiger partial charge in [0.05, 0.1) is 24.7 Å². The number of carbonyl (C=O) groups is 2. The number of hydrogen-bond donors (Lipinski definition) is 1. The van der Waals surface area contributed by atoms with Crippen molar-refractivity contribution in [2.24, 2.45) is 0 Å². The number of amides is 2. The Morgan fingerprint density at radius 1 is 1.11 bits per heavy atom. The molecule has 1 aromatic carbocycles. The van der Waals surface area contributed by atoms with E-state index in [-0.39, 0.29) is 11.8 Å². The van der Waals surface area contributed by atoms with Crippen LogP contribution in [0.1, 0.15) is 20.0 Å². The minimum atomic E-state index is -0.0369. The Kier molecular flexibility index (Phi) is 6.89. The summed E-state index contributed by atoms with van der Waals surface area (Å²) in [5.41, 5.74) is 0.542. The molecule has 0 spiro atoms. The van der Waals surface area contributed by atoms with Crippen molar-refractivity contribution < 1.29 is 19.1 Å². The summed E-state index contributed by atoms with van der Waals surface area (Å²) in [6, 6.07) is 8.92.